The van der Waals surface area contributed by atoms with Crippen molar-refractivity contribution in [3.05, 3.63) is 73.1 Å². The van der Waals surface area contributed by atoms with Gasteiger partial charge < -0.3 is 44.5 Å². The van der Waals surface area contributed by atoms with Crippen LogP contribution in [0.15, 0.2) is 35.1 Å². The minimum Gasteiger partial charge on any atom is -0.778 e. The summed E-state index contributed by atoms with van der Waals surface area (Å²) in [6.45, 7) is 15.6. The highest BCUT2D eigenvalue weighted by molar-refractivity contribution is 7.94. The van der Waals surface area contributed by atoms with Crippen LogP contribution in [0.4, 0.5) is 17.6 Å². The molecule has 0 bridgehead atoms. The van der Waals surface area contributed by atoms with Crippen LogP contribution in [0.5, 0.6) is 5.75 Å². The van der Waals surface area contributed by atoms with Gasteiger partial charge in [0.15, 0.2) is 0 Å². The van der Waals surface area contributed by atoms with E-state index in [-0.39, 0.29) is 40.9 Å². The largest absolute Gasteiger partial charge is 0.778 e. The summed E-state index contributed by atoms with van der Waals surface area (Å²) in [7, 11) is -2.07. The summed E-state index contributed by atoms with van der Waals surface area (Å²) in [4.78, 5) is 66.3. The number of methoxy groups -OCH3 is 1. The highest BCUT2D eigenvalue weighted by Gasteiger charge is 2.25. The molecule has 0 fully saturated rings. The van der Waals surface area contributed by atoms with Crippen molar-refractivity contribution >= 4 is 94.4 Å². The number of hydrogen-bond donors (Lipinski definition) is 5. The Bertz CT molecular complexity index is 2430. The molecule has 2 unspecified atom stereocenters. The van der Waals surface area contributed by atoms with Crippen molar-refractivity contribution < 1.29 is 38.5 Å². The molecule has 2 aromatic carbocycles. The first kappa shape index (κ1) is 63.9. The van der Waals surface area contributed by atoms with Crippen molar-refractivity contribution in [2.24, 2.45) is 0 Å². The van der Waals surface area contributed by atoms with Crippen molar-refractivity contribution in [3.63, 3.8) is 0 Å². The number of aromatic nitrogens is 6. The molecule has 2 aromatic heterocycles. The maximum absolute atomic E-state index is 12.5. The van der Waals surface area contributed by atoms with Gasteiger partial charge in [0.1, 0.15) is 31.7 Å². The fourth-order valence-electron chi connectivity index (χ4n) is 6.07. The third-order valence-electron chi connectivity index (χ3n) is 8.70. The number of aliphatic carboxylic acids is 1. The Morgan fingerprint density at radius 1 is 1.09 bits per heavy atom. The third-order valence-corrected chi connectivity index (χ3v) is 10.3. The fourth-order valence-corrected chi connectivity index (χ4v) is 7.27. The van der Waals surface area contributed by atoms with Crippen LogP contribution in [0.3, 0.4) is 0 Å². The molecule has 1 amide bonds. The van der Waals surface area contributed by atoms with Crippen molar-refractivity contribution in [3.8, 4) is 23.8 Å². The number of carbonyl (C=O) groups is 2. The van der Waals surface area contributed by atoms with E-state index < -0.39 is 26.4 Å². The molecule has 3 heterocycles. The number of terminal acetylenes is 1. The number of para-hydroxylation sites is 1. The highest BCUT2D eigenvalue weighted by Crippen LogP contribution is 2.33. The first-order valence-electron chi connectivity index (χ1n) is 21.8. The number of hydrogen-bond acceptors (Lipinski definition) is 14. The van der Waals surface area contributed by atoms with Crippen LogP contribution in [0.2, 0.25) is 15.3 Å². The normalized spacial score (nSPS) is 12.8. The second kappa shape index (κ2) is 32.0. The molecular formula is C45H67Cl4N10O9PS. The number of ether oxygens (including phenoxy) is 2. The Morgan fingerprint density at radius 3 is 2.26 bits per heavy atom. The Morgan fingerprint density at radius 2 is 1.73 bits per heavy atom. The Balaban J connectivity index is 0.000000469. The zero-order valence-corrected chi connectivity index (χ0v) is 46.3. The number of carboxylic acid groups (broad SMARTS) is 1. The molecule has 5 N–H and O–H groups in total. The van der Waals surface area contributed by atoms with Crippen LogP contribution < -0.4 is 36.2 Å². The number of anilines is 3. The molecule has 1 aliphatic heterocycles. The summed E-state index contributed by atoms with van der Waals surface area (Å²) in [5.41, 5.74) is 3.34. The number of amides is 1. The minimum atomic E-state index is -4.35. The molecule has 4 aromatic rings. The molecule has 0 radical (unpaired) electrons. The van der Waals surface area contributed by atoms with Gasteiger partial charge in [0, 0.05) is 38.2 Å². The maximum atomic E-state index is 12.5. The van der Waals surface area contributed by atoms with Crippen LogP contribution in [-0.2, 0) is 49.2 Å². The van der Waals surface area contributed by atoms with Gasteiger partial charge >= 0.3 is 11.7 Å². The van der Waals surface area contributed by atoms with E-state index in [4.69, 9.17) is 72.3 Å². The number of fused-ring (bicyclic) bond motifs is 1. The molecule has 25 heteroatoms. The second-order valence-corrected chi connectivity index (χ2v) is 22.0. The van der Waals surface area contributed by atoms with Gasteiger partial charge in [-0.3, -0.25) is 19.5 Å². The molecule has 1 aliphatic rings. The average Bonchev–Trinajstić information content (AvgIpc) is 3.58. The van der Waals surface area contributed by atoms with Crippen molar-refractivity contribution in [1.29, 1.82) is 0 Å². The quantitative estimate of drug-likeness (QED) is 0.0340. The first-order chi connectivity index (χ1) is 32.7. The zero-order chi connectivity index (χ0) is 53.4. The first-order valence-corrected chi connectivity index (χ1v) is 27.7. The standard InChI is InChI=1S/C15H13Cl2N3O2.C15H22ClNO2.C9H16ClN5.C3H8NO5P.C3H9S/c1-2-7-22-13-9-12(10(16)8-11(13)17)20-15(21)19-6-4-3-5-14(19)18-20;1-5-13-8-6-7-11(2)15(13)17(14(18)9-16)12(3)10-19-4;1-5-11-7-12-6(10)13-8(14-7)15-9(2,3)4;5-3(6)1-4-2-10(7,8)9;1-4(2)3/h1,8-9H,3-7H2;6-8,12H,5,9-10H2,1-4H3;5H2,1-4H3,(H2,11,12,13,14,15);4H,1-2H2,(H,5,6)(H2,7,8,9);1-3H3/q;;;;+1/p-1. The van der Waals surface area contributed by atoms with E-state index in [0.717, 1.165) is 54.9 Å². The van der Waals surface area contributed by atoms with Crippen LogP contribution >= 0.6 is 54.0 Å². The minimum absolute atomic E-state index is 0.0223. The molecule has 5 rings (SSSR count). The predicted octanol–water partition coefficient (Wildman–Crippen LogP) is 6.68. The number of carboxylic acids is 1. The van der Waals surface area contributed by atoms with E-state index in [1.807, 2.05) is 59.0 Å². The summed E-state index contributed by atoms with van der Waals surface area (Å²) < 4.78 is 23.5. The lowest BCUT2D eigenvalue weighted by Gasteiger charge is -2.31. The number of nitrogens with zero attached hydrogens (tertiary/aromatic N) is 7. The van der Waals surface area contributed by atoms with Crippen molar-refractivity contribution in [2.45, 2.75) is 92.3 Å². The monoisotopic (exact) mass is 1090 g/mol. The lowest BCUT2D eigenvalue weighted by molar-refractivity contribution is -0.193. The molecule has 0 saturated heterocycles. The van der Waals surface area contributed by atoms with E-state index in [1.54, 1.807) is 22.6 Å². The average molecular weight is 1100 g/mol. The third kappa shape index (κ3) is 23.9. The van der Waals surface area contributed by atoms with Gasteiger partial charge in [0.2, 0.25) is 23.1 Å². The maximum Gasteiger partial charge on any atom is 0.350 e. The number of aryl methyl sites for hydroxylation is 3. The molecule has 0 saturated carbocycles. The van der Waals surface area contributed by atoms with Gasteiger partial charge in [-0.05, 0) is 100 Å². The molecule has 2 atom stereocenters. The van der Waals surface area contributed by atoms with Gasteiger partial charge in [0.25, 0.3) is 0 Å². The number of rotatable bonds is 16. The van der Waals surface area contributed by atoms with Crippen LogP contribution in [0, 0.1) is 19.3 Å². The van der Waals surface area contributed by atoms with Crippen LogP contribution in [0.1, 0.15) is 71.3 Å². The number of carbonyl (C=O) groups excluding carboxylic acids is 1. The smallest absolute Gasteiger partial charge is 0.350 e. The van der Waals surface area contributed by atoms with Crippen LogP contribution in [0.25, 0.3) is 5.69 Å². The predicted molar refractivity (Wildman–Crippen MR) is 283 cm³/mol. The van der Waals surface area contributed by atoms with E-state index >= 15 is 0 Å². The lowest BCUT2D eigenvalue weighted by atomic mass is 10.0. The Labute approximate surface area is 434 Å². The fraction of sp³-hybridized carbons (Fsp3) is 0.533. The van der Waals surface area contributed by atoms with Crippen molar-refractivity contribution in [2.75, 3.05) is 79.9 Å². The van der Waals surface area contributed by atoms with Gasteiger partial charge in [-0.1, -0.05) is 54.2 Å². The van der Waals surface area contributed by atoms with Gasteiger partial charge in [-0.2, -0.15) is 19.6 Å². The number of halogens is 4. The molecule has 19 nitrogen and oxygen atoms in total. The van der Waals surface area contributed by atoms with Gasteiger partial charge in [-0.25, -0.2) is 4.79 Å². The summed E-state index contributed by atoms with van der Waals surface area (Å²) in [6, 6.07) is 9.15. The van der Waals surface area contributed by atoms with Gasteiger partial charge in [-0.15, -0.1) is 23.1 Å². The Kier molecular flexibility index (Phi) is 29.2. The highest BCUT2D eigenvalue weighted by atomic mass is 35.5. The topological polar surface area (TPSA) is 251 Å². The SMILES string of the molecule is C#CCOc1cc(-n2nc3n(c2=O)CCCC3)c(Cl)cc1Cl.CCNc1nc(Cl)nc(NC(C)(C)C)n1.CCc1cccc(C)c1N(C(=O)CCl)C(C)COC.C[S+](C)C.O=C(O)CNCP(=O)([O-])O. The summed E-state index contributed by atoms with van der Waals surface area (Å²) in [5, 5.41) is 21.3. The van der Waals surface area contributed by atoms with Gasteiger partial charge in [0.05, 0.1) is 65.7 Å². The Hall–Kier alpha value is -4.13. The molecule has 0 spiro atoms. The second-order valence-electron chi connectivity index (χ2n) is 16.6. The van der Waals surface area contributed by atoms with E-state index in [9.17, 15) is 23.8 Å². The van der Waals surface area contributed by atoms with E-state index in [0.29, 0.717) is 57.4 Å². The molecule has 0 aliphatic carbocycles. The van der Waals surface area contributed by atoms with Crippen molar-refractivity contribution in [1.82, 2.24) is 34.6 Å². The number of nitrogens with one attached hydrogen (secondary N) is 3. The van der Waals surface area contributed by atoms with Crippen LogP contribution in [-0.4, -0.2) is 127 Å². The number of benzene rings is 2. The number of alkyl halides is 1. The van der Waals surface area contributed by atoms with E-state index in [1.165, 1.54) is 10.7 Å². The summed E-state index contributed by atoms with van der Waals surface area (Å²) in [6.07, 6.45) is 14.7. The molecular weight excluding hydrogens is 1030 g/mol. The summed E-state index contributed by atoms with van der Waals surface area (Å²) >= 11 is 23.8. The van der Waals surface area contributed by atoms with E-state index in [2.05, 4.69) is 68.4 Å². The summed E-state index contributed by atoms with van der Waals surface area (Å²) in [5.74, 6) is 3.20. The molecule has 70 heavy (non-hydrogen) atoms. The zero-order valence-electron chi connectivity index (χ0n) is 41.6. The lowest BCUT2D eigenvalue weighted by Crippen LogP contribution is -2.43. The molecule has 390 valence electrons.